The highest BCUT2D eigenvalue weighted by Gasteiger charge is 2.24. The Kier molecular flexibility index (Phi) is 8.50. The van der Waals surface area contributed by atoms with Gasteiger partial charge in [0.15, 0.2) is 0 Å². The fourth-order valence-corrected chi connectivity index (χ4v) is 9.87. The minimum Gasteiger partial charge on any atom is -0.455 e. The Bertz CT molecular complexity index is 3250. The lowest BCUT2D eigenvalue weighted by Crippen LogP contribution is -1.98. The molecule has 0 saturated heterocycles. The van der Waals surface area contributed by atoms with Crippen molar-refractivity contribution in [1.82, 2.24) is 0 Å². The van der Waals surface area contributed by atoms with Crippen molar-refractivity contribution in [2.75, 3.05) is 0 Å². The summed E-state index contributed by atoms with van der Waals surface area (Å²) in [7, 11) is 0. The normalized spacial score (nSPS) is 11.9. The predicted octanol–water partition coefficient (Wildman–Crippen LogP) is 16.6. The molecule has 0 aliphatic rings. The number of rotatable bonds is 6. The lowest BCUT2D eigenvalue weighted by Gasteiger charge is -2.22. The summed E-state index contributed by atoms with van der Waals surface area (Å²) < 4.78 is 6.97. The molecule has 0 atom stereocenters. The third-order valence-electron chi connectivity index (χ3n) is 12.3. The molecule has 0 fully saturated rings. The number of furan rings is 1. The lowest BCUT2D eigenvalue weighted by molar-refractivity contribution is 0.670. The van der Waals surface area contributed by atoms with Crippen LogP contribution in [0.25, 0.3) is 111 Å². The molecule has 0 saturated carbocycles. The number of benzene rings is 9. The van der Waals surface area contributed by atoms with E-state index in [4.69, 9.17) is 4.42 Å². The molecule has 1 heterocycles. The Morgan fingerprint density at radius 3 is 1.41 bits per heavy atom. The summed E-state index contributed by atoms with van der Waals surface area (Å²) in [5, 5.41) is 9.62. The SMILES string of the molecule is C=Cc1c(/C=C\C)c(-c2cccc3c2oc2ccc(-c4c5ccccc5c(-c5c(C)cccc5C)c5ccccc45)cc23)c2ccccc2c1-c1c(C)cccc1C. The molecule has 0 unspecified atom stereocenters. The van der Waals surface area contributed by atoms with E-state index in [-0.39, 0.29) is 0 Å². The molecule has 1 aromatic heterocycles. The number of hydrogen-bond donors (Lipinski definition) is 0. The van der Waals surface area contributed by atoms with E-state index in [9.17, 15) is 0 Å². The van der Waals surface area contributed by atoms with Crippen LogP contribution in [0.4, 0.5) is 0 Å². The molecule has 0 amide bonds. The van der Waals surface area contributed by atoms with Crippen molar-refractivity contribution in [1.29, 1.82) is 0 Å². The largest absolute Gasteiger partial charge is 0.455 e. The average molecular weight is 745 g/mol. The summed E-state index contributed by atoms with van der Waals surface area (Å²) in [6, 6.07) is 53.2. The van der Waals surface area contributed by atoms with Gasteiger partial charge in [-0.2, -0.15) is 0 Å². The maximum absolute atomic E-state index is 6.97. The first-order chi connectivity index (χ1) is 28.4. The predicted molar refractivity (Wildman–Crippen MR) is 252 cm³/mol. The zero-order valence-corrected chi connectivity index (χ0v) is 33.7. The Morgan fingerprint density at radius 1 is 0.414 bits per heavy atom. The van der Waals surface area contributed by atoms with E-state index in [1.165, 1.54) is 88.0 Å². The van der Waals surface area contributed by atoms with Gasteiger partial charge in [0.05, 0.1) is 0 Å². The van der Waals surface area contributed by atoms with Gasteiger partial charge in [0, 0.05) is 21.9 Å². The molecule has 278 valence electrons. The molecule has 58 heavy (non-hydrogen) atoms. The zero-order chi connectivity index (χ0) is 39.7. The lowest BCUT2D eigenvalue weighted by atomic mass is 9.81. The molecular weight excluding hydrogens is 701 g/mol. The van der Waals surface area contributed by atoms with E-state index in [0.717, 1.165) is 44.2 Å². The monoisotopic (exact) mass is 744 g/mol. The van der Waals surface area contributed by atoms with E-state index in [0.29, 0.717) is 0 Å². The van der Waals surface area contributed by atoms with Crippen molar-refractivity contribution >= 4 is 66.4 Å². The fourth-order valence-electron chi connectivity index (χ4n) is 9.87. The molecule has 0 radical (unpaired) electrons. The molecule has 1 nitrogen and oxygen atoms in total. The summed E-state index contributed by atoms with van der Waals surface area (Å²) >= 11 is 0. The summed E-state index contributed by atoms with van der Waals surface area (Å²) in [6.45, 7) is 15.4. The average Bonchev–Trinajstić information content (AvgIpc) is 3.62. The van der Waals surface area contributed by atoms with Crippen LogP contribution in [0.1, 0.15) is 40.3 Å². The van der Waals surface area contributed by atoms with Crippen molar-refractivity contribution in [3.8, 4) is 44.5 Å². The maximum Gasteiger partial charge on any atom is 0.143 e. The second-order valence-electron chi connectivity index (χ2n) is 15.7. The van der Waals surface area contributed by atoms with Crippen LogP contribution in [-0.2, 0) is 0 Å². The molecule has 0 spiro atoms. The van der Waals surface area contributed by atoms with Gasteiger partial charge in [-0.3, -0.25) is 0 Å². The number of allylic oxidation sites excluding steroid dienone is 1. The summed E-state index contributed by atoms with van der Waals surface area (Å²) in [6.07, 6.45) is 6.42. The van der Waals surface area contributed by atoms with E-state index in [2.05, 4.69) is 199 Å². The first kappa shape index (κ1) is 35.5. The minimum absolute atomic E-state index is 0.875. The van der Waals surface area contributed by atoms with Crippen LogP contribution in [0.15, 0.2) is 163 Å². The highest BCUT2D eigenvalue weighted by molar-refractivity contribution is 6.23. The topological polar surface area (TPSA) is 13.1 Å². The molecular formula is C57H44O. The molecule has 1 heteroatoms. The Balaban J connectivity index is 1.25. The maximum atomic E-state index is 6.97. The van der Waals surface area contributed by atoms with Crippen LogP contribution < -0.4 is 0 Å². The molecule has 9 aromatic carbocycles. The molecule has 0 aliphatic heterocycles. The van der Waals surface area contributed by atoms with Crippen LogP contribution in [0, 0.1) is 27.7 Å². The van der Waals surface area contributed by atoms with Gasteiger partial charge in [-0.1, -0.05) is 158 Å². The van der Waals surface area contributed by atoms with E-state index in [1.54, 1.807) is 0 Å². The van der Waals surface area contributed by atoms with Gasteiger partial charge in [0.25, 0.3) is 0 Å². The standard InChI is InChI=1S/C57H44O/c1-7-18-40-39(8-2)55(51-34(3)19-15-20-35(51)4)46-28-14-11-25-43(46)54(40)48-30-17-29-47-49-33-38(31-32-50(49)58-57(47)48)53-41-23-9-12-26-44(41)56(45-27-13-10-24-42(45)53)52-36(5)21-16-22-37(52)6/h7-33H,2H2,1,3-6H3/b18-7-. The summed E-state index contributed by atoms with van der Waals surface area (Å²) in [4.78, 5) is 0. The first-order valence-electron chi connectivity index (χ1n) is 20.3. The van der Waals surface area contributed by atoms with Gasteiger partial charge in [-0.15, -0.1) is 0 Å². The van der Waals surface area contributed by atoms with Crippen LogP contribution >= 0.6 is 0 Å². The van der Waals surface area contributed by atoms with Gasteiger partial charge in [-0.05, 0) is 146 Å². The second-order valence-corrected chi connectivity index (χ2v) is 15.7. The Hall–Kier alpha value is -6.96. The van der Waals surface area contributed by atoms with Gasteiger partial charge in [-0.25, -0.2) is 0 Å². The molecule has 0 aliphatic carbocycles. The summed E-state index contributed by atoms with van der Waals surface area (Å²) in [5.41, 5.74) is 18.9. The van der Waals surface area contributed by atoms with Gasteiger partial charge >= 0.3 is 0 Å². The third-order valence-corrected chi connectivity index (χ3v) is 12.3. The van der Waals surface area contributed by atoms with Crippen LogP contribution in [0.5, 0.6) is 0 Å². The van der Waals surface area contributed by atoms with Gasteiger partial charge in [0.1, 0.15) is 11.2 Å². The Labute approximate surface area is 340 Å². The fraction of sp³-hybridized carbons (Fsp3) is 0.0877. The number of aryl methyl sites for hydroxylation is 4. The summed E-state index contributed by atoms with van der Waals surface area (Å²) in [5.74, 6) is 0. The van der Waals surface area contributed by atoms with Crippen molar-refractivity contribution in [2.24, 2.45) is 0 Å². The van der Waals surface area contributed by atoms with Gasteiger partial charge < -0.3 is 4.42 Å². The highest BCUT2D eigenvalue weighted by Crippen LogP contribution is 2.49. The number of para-hydroxylation sites is 1. The second kappa shape index (κ2) is 13.9. The van der Waals surface area contributed by atoms with Crippen LogP contribution in [0.2, 0.25) is 0 Å². The van der Waals surface area contributed by atoms with Crippen molar-refractivity contribution in [2.45, 2.75) is 34.6 Å². The van der Waals surface area contributed by atoms with Crippen LogP contribution in [-0.4, -0.2) is 0 Å². The van der Waals surface area contributed by atoms with Crippen LogP contribution in [0.3, 0.4) is 0 Å². The number of hydrogen-bond acceptors (Lipinski definition) is 1. The van der Waals surface area contributed by atoms with Crippen molar-refractivity contribution in [3.05, 3.63) is 192 Å². The third kappa shape index (κ3) is 5.31. The minimum atomic E-state index is 0.875. The number of fused-ring (bicyclic) bond motifs is 6. The van der Waals surface area contributed by atoms with E-state index >= 15 is 0 Å². The molecule has 0 N–H and O–H groups in total. The van der Waals surface area contributed by atoms with E-state index in [1.807, 2.05) is 6.08 Å². The smallest absolute Gasteiger partial charge is 0.143 e. The highest BCUT2D eigenvalue weighted by atomic mass is 16.3. The van der Waals surface area contributed by atoms with Crippen molar-refractivity contribution in [3.63, 3.8) is 0 Å². The quantitative estimate of drug-likeness (QED) is 0.155. The Morgan fingerprint density at radius 2 is 0.879 bits per heavy atom. The molecule has 10 aromatic rings. The van der Waals surface area contributed by atoms with Crippen molar-refractivity contribution < 1.29 is 4.42 Å². The molecule has 0 bridgehead atoms. The van der Waals surface area contributed by atoms with E-state index < -0.39 is 0 Å². The van der Waals surface area contributed by atoms with Gasteiger partial charge in [0.2, 0.25) is 0 Å². The first-order valence-corrected chi connectivity index (χ1v) is 20.3. The zero-order valence-electron chi connectivity index (χ0n) is 33.7. The molecule has 10 rings (SSSR count).